The van der Waals surface area contributed by atoms with Crippen LogP contribution in [0.15, 0.2) is 0 Å². The molecule has 0 aliphatic heterocycles. The van der Waals surface area contributed by atoms with Crippen molar-refractivity contribution < 1.29 is 26.7 Å². The first-order valence-corrected chi connectivity index (χ1v) is 5.17. The zero-order chi connectivity index (χ0) is 13.9. The van der Waals surface area contributed by atoms with Gasteiger partial charge in [-0.1, -0.05) is 0 Å². The number of hydrogen-bond acceptors (Lipinski definition) is 2. The van der Waals surface area contributed by atoms with Crippen LogP contribution in [0.5, 0.6) is 0 Å². The van der Waals surface area contributed by atoms with Crippen molar-refractivity contribution in [1.29, 1.82) is 0 Å². The summed E-state index contributed by atoms with van der Waals surface area (Å²) < 4.78 is 65.7. The van der Waals surface area contributed by atoms with E-state index in [1.165, 1.54) is 13.8 Å². The molecule has 0 radical (unpaired) electrons. The van der Waals surface area contributed by atoms with Crippen molar-refractivity contribution >= 4 is 5.78 Å². The predicted molar refractivity (Wildman–Crippen MR) is 50.5 cm³/mol. The molecule has 2 rings (SSSR count). The number of ketones is 1. The molecule has 0 saturated carbocycles. The lowest BCUT2D eigenvalue weighted by Gasteiger charge is -2.11. The van der Waals surface area contributed by atoms with E-state index >= 15 is 0 Å². The van der Waals surface area contributed by atoms with E-state index in [0.29, 0.717) is 0 Å². The summed E-state index contributed by atoms with van der Waals surface area (Å²) in [7, 11) is 0. The van der Waals surface area contributed by atoms with Crippen LogP contribution in [0.4, 0.5) is 22.0 Å². The molecule has 3 nitrogen and oxygen atoms in total. The molecular formula is C10H9F5N2O. The summed E-state index contributed by atoms with van der Waals surface area (Å²) in [4.78, 5) is 11.4. The molecular weight excluding hydrogens is 259 g/mol. The Morgan fingerprint density at radius 2 is 1.89 bits per heavy atom. The molecule has 1 heterocycles. The minimum Gasteiger partial charge on any atom is -0.292 e. The number of carbonyl (C=O) groups excluding carboxylic acids is 1. The van der Waals surface area contributed by atoms with Gasteiger partial charge in [-0.15, -0.1) is 0 Å². The fourth-order valence-electron chi connectivity index (χ4n) is 1.99. The third-order valence-corrected chi connectivity index (χ3v) is 2.68. The number of fused-ring (bicyclic) bond motifs is 1. The van der Waals surface area contributed by atoms with Crippen LogP contribution in [0.25, 0.3) is 0 Å². The van der Waals surface area contributed by atoms with Gasteiger partial charge in [-0.25, -0.2) is 8.78 Å². The number of halogens is 5. The number of nitrogens with zero attached hydrogens (tertiary/aromatic N) is 2. The van der Waals surface area contributed by atoms with Gasteiger partial charge in [-0.2, -0.15) is 18.3 Å². The average Bonchev–Trinajstić information content (AvgIpc) is 2.63. The number of Topliss-reactive ketones (excluding diaryl/α,β-unsaturated/α-hetero) is 1. The van der Waals surface area contributed by atoms with Gasteiger partial charge in [0, 0.05) is 6.04 Å². The van der Waals surface area contributed by atoms with E-state index in [2.05, 4.69) is 5.10 Å². The van der Waals surface area contributed by atoms with Gasteiger partial charge in [0.1, 0.15) is 5.69 Å². The molecule has 1 aliphatic carbocycles. The van der Waals surface area contributed by atoms with Crippen molar-refractivity contribution in [2.24, 2.45) is 0 Å². The predicted octanol–water partition coefficient (Wildman–Crippen LogP) is 3.16. The quantitative estimate of drug-likeness (QED) is 0.733. The van der Waals surface area contributed by atoms with Crippen molar-refractivity contribution in [3.63, 3.8) is 0 Å². The molecule has 0 bridgehead atoms. The van der Waals surface area contributed by atoms with Crippen LogP contribution < -0.4 is 0 Å². The zero-order valence-electron chi connectivity index (χ0n) is 9.48. The number of rotatable bonds is 1. The van der Waals surface area contributed by atoms with Gasteiger partial charge in [0.2, 0.25) is 0 Å². The molecule has 1 aromatic rings. The van der Waals surface area contributed by atoms with Crippen molar-refractivity contribution in [1.82, 2.24) is 9.78 Å². The van der Waals surface area contributed by atoms with Crippen molar-refractivity contribution in [2.45, 2.75) is 38.4 Å². The molecule has 1 aliphatic rings. The van der Waals surface area contributed by atoms with Gasteiger partial charge in [0.15, 0.2) is 11.5 Å². The van der Waals surface area contributed by atoms with Crippen LogP contribution in [0.3, 0.4) is 0 Å². The highest BCUT2D eigenvalue weighted by molar-refractivity contribution is 6.00. The highest BCUT2D eigenvalue weighted by Crippen LogP contribution is 2.48. The summed E-state index contributed by atoms with van der Waals surface area (Å²) in [6.07, 6.45) is -6.23. The fourth-order valence-corrected chi connectivity index (χ4v) is 1.99. The van der Waals surface area contributed by atoms with Crippen molar-refractivity contribution in [3.8, 4) is 0 Å². The summed E-state index contributed by atoms with van der Waals surface area (Å²) in [5, 5.41) is 3.14. The molecule has 0 spiro atoms. The average molecular weight is 268 g/mol. The molecule has 8 heteroatoms. The summed E-state index contributed by atoms with van der Waals surface area (Å²) in [5.74, 6) is -4.81. The van der Waals surface area contributed by atoms with E-state index < -0.39 is 47.3 Å². The normalized spacial score (nSPS) is 18.6. The van der Waals surface area contributed by atoms with Crippen LogP contribution in [0.2, 0.25) is 0 Å². The van der Waals surface area contributed by atoms with Crippen LogP contribution in [-0.2, 0) is 12.1 Å². The summed E-state index contributed by atoms with van der Waals surface area (Å²) in [6.45, 7) is 2.94. The highest BCUT2D eigenvalue weighted by Gasteiger charge is 2.55. The van der Waals surface area contributed by atoms with Crippen LogP contribution in [0.1, 0.15) is 48.1 Å². The summed E-state index contributed by atoms with van der Waals surface area (Å²) in [5.41, 5.74) is -3.57. The maximum Gasteiger partial charge on any atom is 0.435 e. The lowest BCUT2D eigenvalue weighted by atomic mass is 10.1. The van der Waals surface area contributed by atoms with Crippen LogP contribution >= 0.6 is 0 Å². The van der Waals surface area contributed by atoms with Gasteiger partial charge in [-0.05, 0) is 13.8 Å². The fraction of sp³-hybridized carbons (Fsp3) is 0.600. The van der Waals surface area contributed by atoms with E-state index in [9.17, 15) is 26.7 Å². The molecule has 100 valence electrons. The first-order valence-electron chi connectivity index (χ1n) is 5.17. The maximum absolute atomic E-state index is 13.5. The Hall–Kier alpha value is -1.47. The van der Waals surface area contributed by atoms with E-state index in [1.54, 1.807) is 0 Å². The molecule has 0 unspecified atom stereocenters. The van der Waals surface area contributed by atoms with Crippen molar-refractivity contribution in [2.75, 3.05) is 0 Å². The van der Waals surface area contributed by atoms with E-state index in [4.69, 9.17) is 0 Å². The van der Waals surface area contributed by atoms with Crippen molar-refractivity contribution in [3.05, 3.63) is 17.0 Å². The lowest BCUT2D eigenvalue weighted by Crippen LogP contribution is -2.18. The van der Waals surface area contributed by atoms with Gasteiger partial charge < -0.3 is 0 Å². The Bertz CT molecular complexity index is 515. The summed E-state index contributed by atoms with van der Waals surface area (Å²) in [6, 6.07) is -0.604. The van der Waals surface area contributed by atoms with Gasteiger partial charge in [0.05, 0.1) is 12.0 Å². The van der Waals surface area contributed by atoms with Crippen LogP contribution in [0, 0.1) is 0 Å². The minimum atomic E-state index is -5.00. The first-order chi connectivity index (χ1) is 8.05. The molecule has 18 heavy (non-hydrogen) atoms. The largest absolute Gasteiger partial charge is 0.435 e. The Morgan fingerprint density at radius 3 is 2.33 bits per heavy atom. The van der Waals surface area contributed by atoms with E-state index in [-0.39, 0.29) is 0 Å². The molecule has 1 aromatic heterocycles. The standard InChI is InChI=1S/C10H9F5N2O/c1-4(2)17-7-5(18)3-9(11,12)6(7)8(16-17)10(13,14)15/h4H,3H2,1-2H3. The molecule has 0 aromatic carbocycles. The molecule has 0 N–H and O–H groups in total. The first kappa shape index (κ1) is 13.0. The van der Waals surface area contributed by atoms with E-state index in [1.807, 2.05) is 0 Å². The highest BCUT2D eigenvalue weighted by atomic mass is 19.4. The molecule has 0 amide bonds. The van der Waals surface area contributed by atoms with Crippen LogP contribution in [-0.4, -0.2) is 15.6 Å². The van der Waals surface area contributed by atoms with Gasteiger partial charge >= 0.3 is 6.18 Å². The number of carbonyl (C=O) groups is 1. The lowest BCUT2D eigenvalue weighted by molar-refractivity contribution is -0.145. The topological polar surface area (TPSA) is 34.9 Å². The van der Waals surface area contributed by atoms with Gasteiger partial charge in [0.25, 0.3) is 5.92 Å². The minimum absolute atomic E-state index is 0.604. The Morgan fingerprint density at radius 1 is 1.33 bits per heavy atom. The smallest absolute Gasteiger partial charge is 0.292 e. The maximum atomic E-state index is 13.5. The molecule has 0 saturated heterocycles. The third kappa shape index (κ3) is 1.70. The second kappa shape index (κ2) is 3.52. The Kier molecular flexibility index (Phi) is 2.54. The monoisotopic (exact) mass is 268 g/mol. The second-order valence-electron chi connectivity index (χ2n) is 4.41. The Labute approximate surface area is 98.6 Å². The number of hydrogen-bond donors (Lipinski definition) is 0. The molecule has 0 atom stereocenters. The summed E-state index contributed by atoms with van der Waals surface area (Å²) >= 11 is 0. The number of aromatic nitrogens is 2. The third-order valence-electron chi connectivity index (χ3n) is 2.68. The van der Waals surface area contributed by atoms with Gasteiger partial charge in [-0.3, -0.25) is 9.48 Å². The number of alkyl halides is 5. The molecule has 0 fully saturated rings. The Balaban J connectivity index is 2.77. The SMILES string of the molecule is CC(C)n1nc(C(F)(F)F)c2c1C(=O)CC2(F)F. The zero-order valence-corrected chi connectivity index (χ0v) is 9.48. The second-order valence-corrected chi connectivity index (χ2v) is 4.41. The van der Waals surface area contributed by atoms with E-state index in [0.717, 1.165) is 4.68 Å².